The molecule has 1 fully saturated rings. The summed E-state index contributed by atoms with van der Waals surface area (Å²) in [6.07, 6.45) is 0.938. The molecule has 2 aliphatic rings. The number of aryl methyl sites for hydroxylation is 1. The van der Waals surface area contributed by atoms with Crippen molar-refractivity contribution < 1.29 is 14.6 Å². The maximum Gasteiger partial charge on any atom is 0.315 e. The summed E-state index contributed by atoms with van der Waals surface area (Å²) >= 11 is 1.67. The molecule has 24 heavy (non-hydrogen) atoms. The van der Waals surface area contributed by atoms with Crippen molar-refractivity contribution >= 4 is 17.3 Å². The summed E-state index contributed by atoms with van der Waals surface area (Å²) in [4.78, 5) is 18.9. The van der Waals surface area contributed by atoms with Gasteiger partial charge >= 0.3 is 5.97 Å². The molecule has 0 bridgehead atoms. The Hall–Kier alpha value is -1.92. The van der Waals surface area contributed by atoms with E-state index in [1.165, 1.54) is 0 Å². The maximum absolute atomic E-state index is 12.1. The van der Waals surface area contributed by atoms with Crippen molar-refractivity contribution in [2.75, 3.05) is 19.7 Å². The highest BCUT2D eigenvalue weighted by atomic mass is 32.1. The SMILES string of the molecule is CCc1nc(CN2C[C@@H]3c4ccccc4OC[C@]3(C(=O)O)C2)cs1. The molecule has 4 rings (SSSR count). The highest BCUT2D eigenvalue weighted by molar-refractivity contribution is 7.09. The Morgan fingerprint density at radius 2 is 2.33 bits per heavy atom. The lowest BCUT2D eigenvalue weighted by Gasteiger charge is -2.35. The molecule has 0 saturated carbocycles. The van der Waals surface area contributed by atoms with E-state index in [0.29, 0.717) is 13.1 Å². The van der Waals surface area contributed by atoms with Crippen LogP contribution in [0, 0.1) is 5.41 Å². The molecule has 2 aromatic rings. The van der Waals surface area contributed by atoms with Gasteiger partial charge < -0.3 is 9.84 Å². The lowest BCUT2D eigenvalue weighted by atomic mass is 9.73. The Bertz CT molecular complexity index is 775. The van der Waals surface area contributed by atoms with E-state index in [1.54, 1.807) is 11.3 Å². The predicted molar refractivity (Wildman–Crippen MR) is 91.5 cm³/mol. The van der Waals surface area contributed by atoms with Crippen LogP contribution in [0.1, 0.15) is 29.1 Å². The monoisotopic (exact) mass is 344 g/mol. The average Bonchev–Trinajstić information content (AvgIpc) is 3.19. The first-order valence-electron chi connectivity index (χ1n) is 8.23. The van der Waals surface area contributed by atoms with Crippen molar-refractivity contribution in [3.8, 4) is 5.75 Å². The third kappa shape index (κ3) is 2.41. The zero-order chi connectivity index (χ0) is 16.7. The lowest BCUT2D eigenvalue weighted by molar-refractivity contribution is -0.151. The van der Waals surface area contributed by atoms with Crippen molar-refractivity contribution in [3.05, 3.63) is 45.9 Å². The molecule has 2 aliphatic heterocycles. The molecule has 0 spiro atoms. The number of nitrogens with zero attached hydrogens (tertiary/aromatic N) is 2. The third-order valence-corrected chi connectivity index (χ3v) is 6.15. The molecule has 1 saturated heterocycles. The number of aromatic nitrogens is 1. The molecule has 0 unspecified atom stereocenters. The van der Waals surface area contributed by atoms with Crippen molar-refractivity contribution in [2.45, 2.75) is 25.8 Å². The van der Waals surface area contributed by atoms with E-state index in [-0.39, 0.29) is 12.5 Å². The van der Waals surface area contributed by atoms with Crippen molar-refractivity contribution in [3.63, 3.8) is 0 Å². The zero-order valence-electron chi connectivity index (χ0n) is 13.6. The standard InChI is InChI=1S/C18H20N2O3S/c1-2-16-19-12(9-24-16)7-20-8-14-13-5-3-4-6-15(13)23-11-18(14,10-20)17(21)22/h3-6,9,14H,2,7-8,10-11H2,1H3,(H,21,22)/t14-,18-/m1/s1. The highest BCUT2D eigenvalue weighted by Crippen LogP contribution is 2.49. The number of benzene rings is 1. The largest absolute Gasteiger partial charge is 0.492 e. The molecule has 3 heterocycles. The Kier molecular flexibility index (Phi) is 3.81. The van der Waals surface area contributed by atoms with Crippen molar-refractivity contribution in [2.24, 2.45) is 5.41 Å². The molecule has 5 nitrogen and oxygen atoms in total. The van der Waals surface area contributed by atoms with E-state index in [1.807, 2.05) is 24.3 Å². The predicted octanol–water partition coefficient (Wildman–Crippen LogP) is 2.77. The van der Waals surface area contributed by atoms with Gasteiger partial charge in [0.15, 0.2) is 0 Å². The van der Waals surface area contributed by atoms with E-state index in [9.17, 15) is 9.90 Å². The number of para-hydroxylation sites is 1. The van der Waals surface area contributed by atoms with E-state index in [2.05, 4.69) is 22.2 Å². The number of thiazole rings is 1. The molecule has 1 N–H and O–H groups in total. The van der Waals surface area contributed by atoms with Crippen LogP contribution in [0.5, 0.6) is 5.75 Å². The highest BCUT2D eigenvalue weighted by Gasteiger charge is 2.56. The molecular weight excluding hydrogens is 324 g/mol. The Morgan fingerprint density at radius 1 is 1.50 bits per heavy atom. The van der Waals surface area contributed by atoms with Crippen LogP contribution in [0.2, 0.25) is 0 Å². The first-order chi connectivity index (χ1) is 11.6. The van der Waals surface area contributed by atoms with Crippen LogP contribution in [0.4, 0.5) is 0 Å². The Morgan fingerprint density at radius 3 is 3.08 bits per heavy atom. The molecule has 0 radical (unpaired) electrons. The quantitative estimate of drug-likeness (QED) is 0.924. The maximum atomic E-state index is 12.1. The number of carboxylic acids is 1. The Balaban J connectivity index is 1.63. The van der Waals surface area contributed by atoms with Gasteiger partial charge in [-0.1, -0.05) is 25.1 Å². The van der Waals surface area contributed by atoms with Gasteiger partial charge in [-0.05, 0) is 18.1 Å². The van der Waals surface area contributed by atoms with Gasteiger partial charge in [0.05, 0.1) is 10.7 Å². The Labute approximate surface area is 144 Å². The summed E-state index contributed by atoms with van der Waals surface area (Å²) in [5.41, 5.74) is 1.18. The van der Waals surface area contributed by atoms with E-state index in [0.717, 1.165) is 35.0 Å². The van der Waals surface area contributed by atoms with Crippen LogP contribution in [0.15, 0.2) is 29.6 Å². The molecule has 6 heteroatoms. The van der Waals surface area contributed by atoms with E-state index < -0.39 is 11.4 Å². The van der Waals surface area contributed by atoms with Gasteiger partial charge in [0.2, 0.25) is 0 Å². The number of hydrogen-bond donors (Lipinski definition) is 1. The van der Waals surface area contributed by atoms with E-state index in [4.69, 9.17) is 4.74 Å². The number of rotatable bonds is 4. The summed E-state index contributed by atoms with van der Waals surface area (Å²) in [6, 6.07) is 7.81. The fourth-order valence-corrected chi connectivity index (χ4v) is 4.60. The summed E-state index contributed by atoms with van der Waals surface area (Å²) in [6.45, 7) is 4.26. The first kappa shape index (κ1) is 15.6. The van der Waals surface area contributed by atoms with Crippen molar-refractivity contribution in [1.82, 2.24) is 9.88 Å². The summed E-state index contributed by atoms with van der Waals surface area (Å²) in [5.74, 6) is 0.0180. The second kappa shape index (κ2) is 5.86. The van der Waals surface area contributed by atoms with Crippen molar-refractivity contribution in [1.29, 1.82) is 0 Å². The molecule has 0 aliphatic carbocycles. The van der Waals surface area contributed by atoms with Gasteiger partial charge in [-0.15, -0.1) is 11.3 Å². The van der Waals surface area contributed by atoms with E-state index >= 15 is 0 Å². The average molecular weight is 344 g/mol. The fourth-order valence-electron chi connectivity index (χ4n) is 3.87. The molecule has 1 aromatic heterocycles. The van der Waals surface area contributed by atoms with Crippen LogP contribution in [0.25, 0.3) is 0 Å². The van der Waals surface area contributed by atoms with Gasteiger partial charge in [-0.3, -0.25) is 9.69 Å². The number of likely N-dealkylation sites (tertiary alicyclic amines) is 1. The smallest absolute Gasteiger partial charge is 0.315 e. The van der Waals surface area contributed by atoms with Crippen LogP contribution >= 0.6 is 11.3 Å². The first-order valence-corrected chi connectivity index (χ1v) is 9.11. The molecule has 126 valence electrons. The number of carbonyl (C=O) groups is 1. The third-order valence-electron chi connectivity index (χ3n) is 5.11. The molecule has 2 atom stereocenters. The number of ether oxygens (including phenoxy) is 1. The van der Waals surface area contributed by atoms with Crippen LogP contribution in [-0.2, 0) is 17.8 Å². The zero-order valence-corrected chi connectivity index (χ0v) is 14.4. The molecule has 0 amide bonds. The number of hydrogen-bond acceptors (Lipinski definition) is 5. The number of fused-ring (bicyclic) bond motifs is 3. The van der Waals surface area contributed by atoms with Gasteiger partial charge in [-0.2, -0.15) is 0 Å². The minimum absolute atomic E-state index is 0.0377. The number of carboxylic acid groups (broad SMARTS) is 1. The molecular formula is C18H20N2O3S. The second-order valence-electron chi connectivity index (χ2n) is 6.60. The number of aliphatic carboxylic acids is 1. The second-order valence-corrected chi connectivity index (χ2v) is 7.54. The lowest BCUT2D eigenvalue weighted by Crippen LogP contribution is -2.45. The summed E-state index contributed by atoms with van der Waals surface area (Å²) in [7, 11) is 0. The minimum Gasteiger partial charge on any atom is -0.492 e. The normalized spacial score (nSPS) is 25.8. The van der Waals surface area contributed by atoms with Crippen LogP contribution < -0.4 is 4.74 Å². The fraction of sp³-hybridized carbons (Fsp3) is 0.444. The minimum atomic E-state index is -0.863. The van der Waals surface area contributed by atoms with Gasteiger partial charge in [0.1, 0.15) is 17.8 Å². The summed E-state index contributed by atoms with van der Waals surface area (Å²) < 4.78 is 5.80. The van der Waals surface area contributed by atoms with Gasteiger partial charge in [-0.25, -0.2) is 4.98 Å². The topological polar surface area (TPSA) is 62.7 Å². The van der Waals surface area contributed by atoms with Crippen LogP contribution in [0.3, 0.4) is 0 Å². The van der Waals surface area contributed by atoms with Gasteiger partial charge in [0.25, 0.3) is 0 Å². The molecule has 1 aromatic carbocycles. The summed E-state index contributed by atoms with van der Waals surface area (Å²) in [5, 5.41) is 13.1. The van der Waals surface area contributed by atoms with Crippen LogP contribution in [-0.4, -0.2) is 40.7 Å². The van der Waals surface area contributed by atoms with Gasteiger partial charge in [0, 0.05) is 30.9 Å².